The van der Waals surface area contributed by atoms with Gasteiger partial charge >= 0.3 is 0 Å². The molecule has 2 rings (SSSR count). The number of nitrogens with zero attached hydrogens (tertiary/aromatic N) is 1. The largest absolute Gasteiger partial charge is 0.383 e. The van der Waals surface area contributed by atoms with Gasteiger partial charge in [0, 0.05) is 25.7 Å². The van der Waals surface area contributed by atoms with Crippen LogP contribution in [0.1, 0.15) is 45.4 Å². The summed E-state index contributed by atoms with van der Waals surface area (Å²) >= 11 is 0. The van der Waals surface area contributed by atoms with E-state index in [1.165, 1.54) is 45.1 Å². The predicted molar refractivity (Wildman–Crippen MR) is 75.9 cm³/mol. The Kier molecular flexibility index (Phi) is 5.93. The topological polar surface area (TPSA) is 24.5 Å². The van der Waals surface area contributed by atoms with Crippen LogP contribution in [0.2, 0.25) is 0 Å². The van der Waals surface area contributed by atoms with Crippen LogP contribution in [0.4, 0.5) is 0 Å². The van der Waals surface area contributed by atoms with Crippen LogP contribution < -0.4 is 5.32 Å². The molecule has 18 heavy (non-hydrogen) atoms. The highest BCUT2D eigenvalue weighted by Crippen LogP contribution is 2.36. The summed E-state index contributed by atoms with van der Waals surface area (Å²) in [7, 11) is 1.83. The Labute approximate surface area is 112 Å². The van der Waals surface area contributed by atoms with Crippen LogP contribution in [0.15, 0.2) is 0 Å². The van der Waals surface area contributed by atoms with Gasteiger partial charge in [-0.3, -0.25) is 4.90 Å². The van der Waals surface area contributed by atoms with E-state index in [9.17, 15) is 0 Å². The van der Waals surface area contributed by atoms with Crippen LogP contribution in [0.3, 0.4) is 0 Å². The molecule has 0 aromatic carbocycles. The van der Waals surface area contributed by atoms with Crippen molar-refractivity contribution in [3.63, 3.8) is 0 Å². The number of methoxy groups -OCH3 is 1. The van der Waals surface area contributed by atoms with Crippen LogP contribution in [-0.4, -0.2) is 50.3 Å². The van der Waals surface area contributed by atoms with Gasteiger partial charge in [0.15, 0.2) is 0 Å². The Morgan fingerprint density at radius 1 is 1.22 bits per heavy atom. The number of hydrogen-bond acceptors (Lipinski definition) is 3. The van der Waals surface area contributed by atoms with Gasteiger partial charge in [-0.2, -0.15) is 0 Å². The Bertz CT molecular complexity index is 233. The fraction of sp³-hybridized carbons (Fsp3) is 1.00. The summed E-state index contributed by atoms with van der Waals surface area (Å²) < 4.78 is 5.45. The molecule has 0 amide bonds. The number of likely N-dealkylation sites (N-methyl/N-ethyl adjacent to an activating group) is 1. The van der Waals surface area contributed by atoms with Gasteiger partial charge in [0.1, 0.15) is 0 Å². The van der Waals surface area contributed by atoms with Crippen molar-refractivity contribution in [1.29, 1.82) is 0 Å². The maximum Gasteiger partial charge on any atom is 0.0630 e. The van der Waals surface area contributed by atoms with Gasteiger partial charge in [0.25, 0.3) is 0 Å². The Hall–Kier alpha value is -0.120. The molecular weight excluding hydrogens is 224 g/mol. The van der Waals surface area contributed by atoms with Crippen molar-refractivity contribution in [1.82, 2.24) is 10.2 Å². The van der Waals surface area contributed by atoms with Crippen molar-refractivity contribution < 1.29 is 4.74 Å². The van der Waals surface area contributed by atoms with E-state index in [2.05, 4.69) is 17.1 Å². The zero-order valence-electron chi connectivity index (χ0n) is 12.2. The van der Waals surface area contributed by atoms with E-state index in [1.54, 1.807) is 0 Å². The van der Waals surface area contributed by atoms with Gasteiger partial charge in [-0.25, -0.2) is 0 Å². The molecule has 2 fully saturated rings. The lowest BCUT2D eigenvalue weighted by Gasteiger charge is -2.47. The second kappa shape index (κ2) is 7.46. The van der Waals surface area contributed by atoms with Crippen LogP contribution in [0.25, 0.3) is 0 Å². The van der Waals surface area contributed by atoms with E-state index >= 15 is 0 Å². The van der Waals surface area contributed by atoms with Gasteiger partial charge in [-0.05, 0) is 44.7 Å². The highest BCUT2D eigenvalue weighted by Gasteiger charge is 2.36. The molecule has 1 aliphatic carbocycles. The number of hydrogen-bond donors (Lipinski definition) is 1. The molecule has 3 atom stereocenters. The van der Waals surface area contributed by atoms with Gasteiger partial charge in [0.05, 0.1) is 6.61 Å². The summed E-state index contributed by atoms with van der Waals surface area (Å²) in [6.07, 6.45) is 8.60. The van der Waals surface area contributed by atoms with Crippen LogP contribution in [0.5, 0.6) is 0 Å². The first kappa shape index (κ1) is 14.3. The maximum absolute atomic E-state index is 5.45. The molecule has 3 nitrogen and oxygen atoms in total. The van der Waals surface area contributed by atoms with Crippen molar-refractivity contribution >= 4 is 0 Å². The SMILES string of the molecule is CCNCC(COC)N1CCCC2CCCCC21. The molecule has 106 valence electrons. The second-order valence-corrected chi connectivity index (χ2v) is 5.91. The van der Waals surface area contributed by atoms with E-state index in [-0.39, 0.29) is 0 Å². The summed E-state index contributed by atoms with van der Waals surface area (Å²) in [6.45, 7) is 6.47. The number of likely N-dealkylation sites (tertiary alicyclic amines) is 1. The molecule has 3 unspecified atom stereocenters. The van der Waals surface area contributed by atoms with Gasteiger partial charge in [-0.1, -0.05) is 19.8 Å². The van der Waals surface area contributed by atoms with E-state index < -0.39 is 0 Å². The zero-order valence-corrected chi connectivity index (χ0v) is 12.2. The van der Waals surface area contributed by atoms with Gasteiger partial charge < -0.3 is 10.1 Å². The lowest BCUT2D eigenvalue weighted by molar-refractivity contribution is -0.00283. The summed E-state index contributed by atoms with van der Waals surface area (Å²) in [5, 5.41) is 3.50. The Morgan fingerprint density at radius 3 is 2.78 bits per heavy atom. The molecule has 1 saturated heterocycles. The fourth-order valence-corrected chi connectivity index (χ4v) is 3.89. The first-order valence-electron chi connectivity index (χ1n) is 7.82. The number of ether oxygens (including phenoxy) is 1. The number of rotatable bonds is 6. The molecule has 0 aromatic heterocycles. The minimum atomic E-state index is 0.570. The van der Waals surface area contributed by atoms with Crippen molar-refractivity contribution in [2.75, 3.05) is 33.4 Å². The zero-order chi connectivity index (χ0) is 12.8. The first-order chi connectivity index (χ1) is 8.86. The standard InChI is InChI=1S/C15H30N2O/c1-3-16-11-14(12-18-2)17-10-6-8-13-7-4-5-9-15(13)17/h13-16H,3-12H2,1-2H3. The monoisotopic (exact) mass is 254 g/mol. The fourth-order valence-electron chi connectivity index (χ4n) is 3.89. The van der Waals surface area contributed by atoms with Gasteiger partial charge in [0.2, 0.25) is 0 Å². The summed E-state index contributed by atoms with van der Waals surface area (Å²) in [6, 6.07) is 1.41. The molecule has 1 saturated carbocycles. The smallest absolute Gasteiger partial charge is 0.0630 e. The van der Waals surface area contributed by atoms with E-state index in [0.717, 1.165) is 31.7 Å². The minimum absolute atomic E-state index is 0.570. The highest BCUT2D eigenvalue weighted by molar-refractivity contribution is 4.91. The van der Waals surface area contributed by atoms with Crippen molar-refractivity contribution in [2.24, 2.45) is 5.92 Å². The average molecular weight is 254 g/mol. The summed E-state index contributed by atoms with van der Waals surface area (Å²) in [4.78, 5) is 2.76. The lowest BCUT2D eigenvalue weighted by Crippen LogP contribution is -2.55. The normalized spacial score (nSPS) is 31.0. The third kappa shape index (κ3) is 3.46. The molecule has 1 N–H and O–H groups in total. The number of fused-ring (bicyclic) bond motifs is 1. The molecule has 2 aliphatic rings. The lowest BCUT2D eigenvalue weighted by atomic mass is 9.78. The summed E-state index contributed by atoms with van der Waals surface area (Å²) in [5.41, 5.74) is 0. The summed E-state index contributed by atoms with van der Waals surface area (Å²) in [5.74, 6) is 0.966. The Balaban J connectivity index is 1.97. The molecule has 3 heteroatoms. The van der Waals surface area contributed by atoms with Gasteiger partial charge in [-0.15, -0.1) is 0 Å². The first-order valence-corrected chi connectivity index (χ1v) is 7.82. The molecule has 1 heterocycles. The third-order valence-corrected chi connectivity index (χ3v) is 4.74. The highest BCUT2D eigenvalue weighted by atomic mass is 16.5. The quantitative estimate of drug-likeness (QED) is 0.787. The molecule has 0 aromatic rings. The average Bonchev–Trinajstić information content (AvgIpc) is 2.43. The van der Waals surface area contributed by atoms with Crippen molar-refractivity contribution in [2.45, 2.75) is 57.5 Å². The van der Waals surface area contributed by atoms with Crippen molar-refractivity contribution in [3.8, 4) is 0 Å². The minimum Gasteiger partial charge on any atom is -0.383 e. The third-order valence-electron chi connectivity index (χ3n) is 4.74. The predicted octanol–water partition coefficient (Wildman–Crippen LogP) is 2.27. The Morgan fingerprint density at radius 2 is 2.00 bits per heavy atom. The molecule has 0 spiro atoms. The molecule has 1 aliphatic heterocycles. The number of nitrogens with one attached hydrogen (secondary N) is 1. The van der Waals surface area contributed by atoms with Crippen molar-refractivity contribution in [3.05, 3.63) is 0 Å². The van der Waals surface area contributed by atoms with Crippen LogP contribution >= 0.6 is 0 Å². The second-order valence-electron chi connectivity index (χ2n) is 5.91. The van der Waals surface area contributed by atoms with E-state index in [1.807, 2.05) is 7.11 Å². The van der Waals surface area contributed by atoms with Crippen LogP contribution in [0, 0.1) is 5.92 Å². The van der Waals surface area contributed by atoms with E-state index in [4.69, 9.17) is 4.74 Å². The maximum atomic E-state index is 5.45. The molecule has 0 bridgehead atoms. The molecular formula is C15H30N2O. The number of piperidine rings is 1. The van der Waals surface area contributed by atoms with Crippen LogP contribution in [-0.2, 0) is 4.74 Å². The molecule has 0 radical (unpaired) electrons. The van der Waals surface area contributed by atoms with E-state index in [0.29, 0.717) is 6.04 Å².